The normalized spacial score (nSPS) is 21.3. The van der Waals surface area contributed by atoms with Gasteiger partial charge in [-0.3, -0.25) is 14.4 Å². The SMILES string of the molecule is O=C(CCn1ccc(C(F)(F)F)n1)N1CCC2(CCCCc3ccccc3OCCN(CC3CC3)C2)CC1. The molecule has 2 aromatic rings. The molecule has 2 aliphatic heterocycles. The summed E-state index contributed by atoms with van der Waals surface area (Å²) < 4.78 is 45.9. The third-order valence-electron chi connectivity index (χ3n) is 8.48. The minimum atomic E-state index is -4.47. The molecule has 1 aromatic carbocycles. The number of hydrogen-bond donors (Lipinski definition) is 0. The summed E-state index contributed by atoms with van der Waals surface area (Å²) in [6.45, 7) is 5.36. The van der Waals surface area contributed by atoms with E-state index in [-0.39, 0.29) is 24.3 Å². The third kappa shape index (κ3) is 7.10. The van der Waals surface area contributed by atoms with Gasteiger partial charge in [0.15, 0.2) is 5.69 Å². The van der Waals surface area contributed by atoms with Crippen molar-refractivity contribution in [3.05, 3.63) is 47.8 Å². The lowest BCUT2D eigenvalue weighted by molar-refractivity contribution is -0.141. The fourth-order valence-electron chi connectivity index (χ4n) is 6.05. The molecular weight excluding hydrogens is 493 g/mol. The minimum Gasteiger partial charge on any atom is -0.492 e. The molecule has 2 fully saturated rings. The van der Waals surface area contributed by atoms with Crippen LogP contribution in [-0.4, -0.2) is 64.8 Å². The highest BCUT2D eigenvalue weighted by atomic mass is 19.4. The Balaban J connectivity index is 1.19. The van der Waals surface area contributed by atoms with Crippen molar-refractivity contribution in [3.63, 3.8) is 0 Å². The Bertz CT molecular complexity index is 1070. The number of alkyl halides is 3. The lowest BCUT2D eigenvalue weighted by atomic mass is 9.73. The number of aryl methyl sites for hydroxylation is 2. The fraction of sp³-hybridized carbons (Fsp3) is 0.655. The van der Waals surface area contributed by atoms with Crippen molar-refractivity contribution in [2.45, 2.75) is 70.5 Å². The van der Waals surface area contributed by atoms with Crippen LogP contribution in [0, 0.1) is 11.3 Å². The highest BCUT2D eigenvalue weighted by molar-refractivity contribution is 5.76. The van der Waals surface area contributed by atoms with Crippen molar-refractivity contribution in [1.29, 1.82) is 0 Å². The molecule has 1 spiro atoms. The first-order valence-corrected chi connectivity index (χ1v) is 14.1. The van der Waals surface area contributed by atoms with E-state index in [1.54, 1.807) is 0 Å². The standard InChI is InChI=1S/C29H39F3N4O2/c30-29(31,32)26-10-15-36(33-26)16-11-27(37)35-17-13-28(14-18-35)12-4-3-6-24-5-1-2-7-25(24)38-20-19-34(22-28)21-23-8-9-23/h1-2,5,7,10,15,23H,3-4,6,8-9,11-14,16-22H2. The van der Waals surface area contributed by atoms with Crippen molar-refractivity contribution in [3.8, 4) is 5.75 Å². The average molecular weight is 533 g/mol. The Hall–Kier alpha value is -2.55. The number of ether oxygens (including phenoxy) is 1. The first-order valence-electron chi connectivity index (χ1n) is 14.1. The van der Waals surface area contributed by atoms with E-state index in [1.165, 1.54) is 29.3 Å². The number of piperidine rings is 1. The lowest BCUT2D eigenvalue weighted by Crippen LogP contribution is -2.49. The van der Waals surface area contributed by atoms with Gasteiger partial charge in [0.25, 0.3) is 0 Å². The molecule has 1 saturated heterocycles. The zero-order valence-corrected chi connectivity index (χ0v) is 22.1. The van der Waals surface area contributed by atoms with Gasteiger partial charge in [-0.05, 0) is 74.0 Å². The number of halogens is 3. The number of hydrogen-bond acceptors (Lipinski definition) is 4. The summed E-state index contributed by atoms with van der Waals surface area (Å²) >= 11 is 0. The van der Waals surface area contributed by atoms with Gasteiger partial charge < -0.3 is 9.64 Å². The maximum atomic E-state index is 12.9. The van der Waals surface area contributed by atoms with Gasteiger partial charge in [-0.25, -0.2) is 0 Å². The van der Waals surface area contributed by atoms with Crippen molar-refractivity contribution in [2.24, 2.45) is 11.3 Å². The number of para-hydroxylation sites is 1. The molecule has 1 saturated carbocycles. The molecule has 3 aliphatic rings. The number of benzene rings is 1. The van der Waals surface area contributed by atoms with Crippen LogP contribution in [0.3, 0.4) is 0 Å². The number of nitrogens with zero attached hydrogens (tertiary/aromatic N) is 4. The molecule has 208 valence electrons. The van der Waals surface area contributed by atoms with Crippen LogP contribution in [0.25, 0.3) is 0 Å². The van der Waals surface area contributed by atoms with Crippen molar-refractivity contribution in [2.75, 3.05) is 39.3 Å². The largest absolute Gasteiger partial charge is 0.492 e. The summed E-state index contributed by atoms with van der Waals surface area (Å²) in [6.07, 6.45) is 6.02. The lowest BCUT2D eigenvalue weighted by Gasteiger charge is -2.45. The molecule has 0 N–H and O–H groups in total. The molecule has 9 heteroatoms. The predicted molar refractivity (Wildman–Crippen MR) is 139 cm³/mol. The highest BCUT2D eigenvalue weighted by Crippen LogP contribution is 2.40. The first kappa shape index (κ1) is 27.0. The molecule has 0 unspecified atom stereocenters. The van der Waals surface area contributed by atoms with Crippen LogP contribution in [0.4, 0.5) is 13.2 Å². The van der Waals surface area contributed by atoms with Gasteiger partial charge in [-0.1, -0.05) is 24.6 Å². The summed E-state index contributed by atoms with van der Waals surface area (Å²) in [5.74, 6) is 1.82. The summed E-state index contributed by atoms with van der Waals surface area (Å²) in [7, 11) is 0. The second-order valence-corrected chi connectivity index (χ2v) is 11.4. The van der Waals surface area contributed by atoms with Gasteiger partial charge in [0.2, 0.25) is 5.91 Å². The number of carbonyl (C=O) groups excluding carboxylic acids is 1. The van der Waals surface area contributed by atoms with Crippen molar-refractivity contribution in [1.82, 2.24) is 19.6 Å². The van der Waals surface area contributed by atoms with Crippen LogP contribution >= 0.6 is 0 Å². The van der Waals surface area contributed by atoms with E-state index in [0.717, 1.165) is 75.9 Å². The number of rotatable bonds is 5. The van der Waals surface area contributed by atoms with Gasteiger partial charge in [0.05, 0.1) is 0 Å². The van der Waals surface area contributed by atoms with Gasteiger partial charge in [-0.2, -0.15) is 18.3 Å². The molecule has 1 aromatic heterocycles. The number of amides is 1. The van der Waals surface area contributed by atoms with E-state index in [0.29, 0.717) is 19.7 Å². The number of fused-ring (bicyclic) bond motifs is 1. The zero-order chi connectivity index (χ0) is 26.6. The summed E-state index contributed by atoms with van der Waals surface area (Å²) in [5.41, 5.74) is 0.557. The monoisotopic (exact) mass is 532 g/mol. The third-order valence-corrected chi connectivity index (χ3v) is 8.48. The molecule has 3 heterocycles. The number of aromatic nitrogens is 2. The maximum absolute atomic E-state index is 12.9. The summed E-state index contributed by atoms with van der Waals surface area (Å²) in [4.78, 5) is 17.4. The molecule has 5 rings (SSSR count). The predicted octanol–water partition coefficient (Wildman–Crippen LogP) is 5.42. The number of carbonyl (C=O) groups is 1. The van der Waals surface area contributed by atoms with E-state index < -0.39 is 11.9 Å². The molecule has 1 aliphatic carbocycles. The second-order valence-electron chi connectivity index (χ2n) is 11.4. The van der Waals surface area contributed by atoms with Gasteiger partial charge in [0, 0.05) is 51.9 Å². The summed E-state index contributed by atoms with van der Waals surface area (Å²) in [5, 5.41) is 3.57. The van der Waals surface area contributed by atoms with Crippen LogP contribution in [0.2, 0.25) is 0 Å². The molecule has 1 amide bonds. The van der Waals surface area contributed by atoms with E-state index in [1.807, 2.05) is 11.0 Å². The smallest absolute Gasteiger partial charge is 0.435 e. The first-order chi connectivity index (χ1) is 18.3. The Morgan fingerprint density at radius 3 is 2.58 bits per heavy atom. The van der Waals surface area contributed by atoms with E-state index in [2.05, 4.69) is 28.2 Å². The zero-order valence-electron chi connectivity index (χ0n) is 22.1. The Labute approximate surface area is 223 Å². The molecular formula is C29H39F3N4O2. The molecule has 0 bridgehead atoms. The minimum absolute atomic E-state index is 0.00286. The molecule has 38 heavy (non-hydrogen) atoms. The maximum Gasteiger partial charge on any atom is 0.435 e. The van der Waals surface area contributed by atoms with Gasteiger partial charge in [-0.15, -0.1) is 0 Å². The summed E-state index contributed by atoms with van der Waals surface area (Å²) in [6, 6.07) is 9.35. The average Bonchev–Trinajstić information content (AvgIpc) is 3.56. The highest BCUT2D eigenvalue weighted by Gasteiger charge is 2.38. The van der Waals surface area contributed by atoms with Crippen LogP contribution in [0.1, 0.15) is 62.6 Å². The van der Waals surface area contributed by atoms with Crippen molar-refractivity contribution < 1.29 is 22.7 Å². The van der Waals surface area contributed by atoms with E-state index in [4.69, 9.17) is 4.74 Å². The molecule has 0 atom stereocenters. The van der Waals surface area contributed by atoms with Crippen LogP contribution in [0.15, 0.2) is 36.5 Å². The Kier molecular flexibility index (Phi) is 8.31. The van der Waals surface area contributed by atoms with E-state index in [9.17, 15) is 18.0 Å². The van der Waals surface area contributed by atoms with Gasteiger partial charge in [0.1, 0.15) is 12.4 Å². The fourth-order valence-corrected chi connectivity index (χ4v) is 6.05. The quantitative estimate of drug-likeness (QED) is 0.516. The Morgan fingerprint density at radius 2 is 1.84 bits per heavy atom. The van der Waals surface area contributed by atoms with Gasteiger partial charge >= 0.3 is 6.18 Å². The van der Waals surface area contributed by atoms with Crippen LogP contribution in [-0.2, 0) is 23.9 Å². The molecule has 0 radical (unpaired) electrons. The van der Waals surface area contributed by atoms with E-state index >= 15 is 0 Å². The van der Waals surface area contributed by atoms with Crippen molar-refractivity contribution >= 4 is 5.91 Å². The second kappa shape index (κ2) is 11.7. The van der Waals surface area contributed by atoms with Crippen LogP contribution < -0.4 is 4.74 Å². The number of likely N-dealkylation sites (tertiary alicyclic amines) is 1. The Morgan fingerprint density at radius 1 is 1.05 bits per heavy atom. The molecule has 6 nitrogen and oxygen atoms in total. The van der Waals surface area contributed by atoms with Crippen LogP contribution in [0.5, 0.6) is 5.75 Å². The topological polar surface area (TPSA) is 50.6 Å².